The second-order valence-electron chi connectivity index (χ2n) is 4.98. The Bertz CT molecular complexity index is 373. The van der Waals surface area contributed by atoms with Gasteiger partial charge in [-0.05, 0) is 19.8 Å². The van der Waals surface area contributed by atoms with Crippen LogP contribution in [0.3, 0.4) is 0 Å². The molecular weight excluding hydrogens is 277 g/mol. The van der Waals surface area contributed by atoms with E-state index < -0.39 is 18.3 Å². The van der Waals surface area contributed by atoms with Crippen LogP contribution in [0.5, 0.6) is 0 Å². The number of rotatable bonds is 6. The van der Waals surface area contributed by atoms with E-state index in [-0.39, 0.29) is 37.9 Å². The van der Waals surface area contributed by atoms with Crippen molar-refractivity contribution < 1.29 is 27.5 Å². The highest BCUT2D eigenvalue weighted by molar-refractivity contribution is 5.97. The molecule has 1 aliphatic heterocycles. The number of carbonyl (C=O) groups excluding carboxylic acids is 2. The molecule has 1 N–H and O–H groups in total. The lowest BCUT2D eigenvalue weighted by Gasteiger charge is -2.39. The molecule has 0 aromatic rings. The molecule has 1 fully saturated rings. The van der Waals surface area contributed by atoms with Gasteiger partial charge < -0.3 is 15.0 Å². The van der Waals surface area contributed by atoms with Gasteiger partial charge in [-0.1, -0.05) is 6.92 Å². The van der Waals surface area contributed by atoms with Gasteiger partial charge in [0.05, 0.1) is 6.54 Å². The van der Waals surface area contributed by atoms with E-state index in [2.05, 4.69) is 10.1 Å². The summed E-state index contributed by atoms with van der Waals surface area (Å²) in [6.45, 7) is 2.17. The summed E-state index contributed by atoms with van der Waals surface area (Å²) in [6.07, 6.45) is -3.63. The number of nitrogens with one attached hydrogen (secondary N) is 1. The third kappa shape index (κ3) is 4.66. The van der Waals surface area contributed by atoms with Crippen LogP contribution in [0.4, 0.5) is 13.2 Å². The van der Waals surface area contributed by atoms with Crippen molar-refractivity contribution in [2.45, 2.75) is 38.4 Å². The van der Waals surface area contributed by atoms with Gasteiger partial charge in [0.1, 0.15) is 12.1 Å². The number of carbonyl (C=O) groups is 2. The third-order valence-corrected chi connectivity index (χ3v) is 3.20. The van der Waals surface area contributed by atoms with E-state index in [4.69, 9.17) is 0 Å². The van der Waals surface area contributed by atoms with Crippen LogP contribution in [-0.4, -0.2) is 54.7 Å². The average Bonchev–Trinajstić information content (AvgIpc) is 2.33. The number of alkyl halides is 3. The first-order valence-corrected chi connectivity index (χ1v) is 6.43. The zero-order valence-corrected chi connectivity index (χ0v) is 11.5. The van der Waals surface area contributed by atoms with Gasteiger partial charge in [-0.25, -0.2) is 0 Å². The summed E-state index contributed by atoms with van der Waals surface area (Å²) >= 11 is 0. The molecule has 0 aromatic carbocycles. The first kappa shape index (κ1) is 16.7. The SMILES string of the molecule is CCC1(C)NC(=O)CN(CCCOCC(F)(F)F)C1=O. The molecule has 2 amide bonds. The molecule has 0 aliphatic carbocycles. The van der Waals surface area contributed by atoms with Crippen LogP contribution >= 0.6 is 0 Å². The predicted molar refractivity (Wildman–Crippen MR) is 64.9 cm³/mol. The maximum Gasteiger partial charge on any atom is 0.411 e. The molecule has 1 saturated heterocycles. The zero-order chi connectivity index (χ0) is 15.4. The van der Waals surface area contributed by atoms with Crippen LogP contribution in [-0.2, 0) is 14.3 Å². The number of hydrogen-bond donors (Lipinski definition) is 1. The minimum Gasteiger partial charge on any atom is -0.372 e. The van der Waals surface area contributed by atoms with Crippen molar-refractivity contribution in [3.05, 3.63) is 0 Å². The maximum atomic E-state index is 12.1. The highest BCUT2D eigenvalue weighted by Gasteiger charge is 2.41. The molecular formula is C12H19F3N2O3. The molecule has 0 saturated carbocycles. The van der Waals surface area contributed by atoms with Crippen molar-refractivity contribution in [3.63, 3.8) is 0 Å². The van der Waals surface area contributed by atoms with Crippen LogP contribution < -0.4 is 5.32 Å². The van der Waals surface area contributed by atoms with Crippen molar-refractivity contribution in [1.82, 2.24) is 10.2 Å². The van der Waals surface area contributed by atoms with Gasteiger partial charge in [0.2, 0.25) is 11.8 Å². The Morgan fingerprint density at radius 1 is 1.40 bits per heavy atom. The average molecular weight is 296 g/mol. The summed E-state index contributed by atoms with van der Waals surface area (Å²) in [7, 11) is 0. The number of ether oxygens (including phenoxy) is 1. The molecule has 1 heterocycles. The molecule has 0 spiro atoms. The standard InChI is InChI=1S/C12H19F3N2O3/c1-3-11(2)10(19)17(7-9(18)16-11)5-4-6-20-8-12(13,14)15/h3-8H2,1-2H3,(H,16,18). The fourth-order valence-electron chi connectivity index (χ4n) is 1.96. The molecule has 8 heteroatoms. The summed E-state index contributed by atoms with van der Waals surface area (Å²) in [5, 5.41) is 2.63. The third-order valence-electron chi connectivity index (χ3n) is 3.20. The van der Waals surface area contributed by atoms with Gasteiger partial charge in [0.15, 0.2) is 0 Å². The maximum absolute atomic E-state index is 12.1. The number of nitrogens with zero attached hydrogens (tertiary/aromatic N) is 1. The Morgan fingerprint density at radius 2 is 2.05 bits per heavy atom. The Morgan fingerprint density at radius 3 is 2.60 bits per heavy atom. The quantitative estimate of drug-likeness (QED) is 0.746. The van der Waals surface area contributed by atoms with Crippen molar-refractivity contribution in [2.24, 2.45) is 0 Å². The van der Waals surface area contributed by atoms with Crippen LogP contribution in [0.25, 0.3) is 0 Å². The van der Waals surface area contributed by atoms with Crippen molar-refractivity contribution in [1.29, 1.82) is 0 Å². The summed E-state index contributed by atoms with van der Waals surface area (Å²) < 4.78 is 40.0. The number of amides is 2. The normalized spacial score (nSPS) is 23.9. The number of hydrogen-bond acceptors (Lipinski definition) is 3. The van der Waals surface area contributed by atoms with Gasteiger partial charge in [0, 0.05) is 13.2 Å². The highest BCUT2D eigenvalue weighted by atomic mass is 19.4. The minimum atomic E-state index is -4.35. The molecule has 0 aromatic heterocycles. The van der Waals surface area contributed by atoms with E-state index in [1.807, 2.05) is 0 Å². The summed E-state index contributed by atoms with van der Waals surface area (Å²) in [5.74, 6) is -0.472. The Labute approximate surface area is 115 Å². The van der Waals surface area contributed by atoms with E-state index in [0.29, 0.717) is 6.42 Å². The number of halogens is 3. The van der Waals surface area contributed by atoms with Crippen LogP contribution in [0.1, 0.15) is 26.7 Å². The van der Waals surface area contributed by atoms with E-state index in [1.165, 1.54) is 4.90 Å². The zero-order valence-electron chi connectivity index (χ0n) is 11.5. The van der Waals surface area contributed by atoms with Crippen LogP contribution in [0.2, 0.25) is 0 Å². The molecule has 5 nitrogen and oxygen atoms in total. The van der Waals surface area contributed by atoms with E-state index >= 15 is 0 Å². The van der Waals surface area contributed by atoms with Crippen molar-refractivity contribution in [3.8, 4) is 0 Å². The minimum absolute atomic E-state index is 0.0618. The molecule has 0 radical (unpaired) electrons. The van der Waals surface area contributed by atoms with Crippen LogP contribution in [0, 0.1) is 0 Å². The Kier molecular flexibility index (Phi) is 5.38. The monoisotopic (exact) mass is 296 g/mol. The molecule has 0 bridgehead atoms. The molecule has 1 atom stereocenters. The van der Waals surface area contributed by atoms with Gasteiger partial charge in [-0.15, -0.1) is 0 Å². The fraction of sp³-hybridized carbons (Fsp3) is 0.833. The fourth-order valence-corrected chi connectivity index (χ4v) is 1.96. The number of piperazine rings is 1. The summed E-state index contributed by atoms with van der Waals surface area (Å²) in [5.41, 5.74) is -0.928. The second kappa shape index (κ2) is 6.43. The van der Waals surface area contributed by atoms with Gasteiger partial charge in [-0.3, -0.25) is 9.59 Å². The lowest BCUT2D eigenvalue weighted by atomic mass is 9.94. The molecule has 1 unspecified atom stereocenters. The Hall–Kier alpha value is -1.31. The van der Waals surface area contributed by atoms with Crippen molar-refractivity contribution >= 4 is 11.8 Å². The summed E-state index contributed by atoms with van der Waals surface area (Å²) in [6, 6.07) is 0. The highest BCUT2D eigenvalue weighted by Crippen LogP contribution is 2.18. The van der Waals surface area contributed by atoms with E-state index in [0.717, 1.165) is 0 Å². The van der Waals surface area contributed by atoms with Gasteiger partial charge in [0.25, 0.3) is 0 Å². The first-order chi connectivity index (χ1) is 9.18. The van der Waals surface area contributed by atoms with E-state index in [9.17, 15) is 22.8 Å². The predicted octanol–water partition coefficient (Wildman–Crippen LogP) is 1.08. The largest absolute Gasteiger partial charge is 0.411 e. The summed E-state index contributed by atoms with van der Waals surface area (Å²) in [4.78, 5) is 25.0. The van der Waals surface area contributed by atoms with E-state index in [1.54, 1.807) is 13.8 Å². The lowest BCUT2D eigenvalue weighted by Crippen LogP contribution is -2.65. The molecule has 1 rings (SSSR count). The lowest BCUT2D eigenvalue weighted by molar-refractivity contribution is -0.174. The van der Waals surface area contributed by atoms with Gasteiger partial charge in [-0.2, -0.15) is 13.2 Å². The van der Waals surface area contributed by atoms with Gasteiger partial charge >= 0.3 is 6.18 Å². The molecule has 1 aliphatic rings. The smallest absolute Gasteiger partial charge is 0.372 e. The Balaban J connectivity index is 2.39. The second-order valence-corrected chi connectivity index (χ2v) is 4.98. The van der Waals surface area contributed by atoms with Crippen molar-refractivity contribution in [2.75, 3.05) is 26.3 Å². The molecule has 116 valence electrons. The first-order valence-electron chi connectivity index (χ1n) is 6.43. The molecule has 20 heavy (non-hydrogen) atoms. The van der Waals surface area contributed by atoms with Crippen LogP contribution in [0.15, 0.2) is 0 Å². The topological polar surface area (TPSA) is 58.6 Å².